The highest BCUT2D eigenvalue weighted by atomic mass is 35.7. The summed E-state index contributed by atoms with van der Waals surface area (Å²) >= 11 is 0. The number of hydrogen-bond acceptors (Lipinski definition) is 3. The van der Waals surface area contributed by atoms with Crippen LogP contribution in [0.15, 0.2) is 0 Å². The fourth-order valence-corrected chi connectivity index (χ4v) is 3.11. The van der Waals surface area contributed by atoms with Gasteiger partial charge in [-0.1, -0.05) is 27.2 Å². The zero-order chi connectivity index (χ0) is 13.3. The SMILES string of the molecule is CCCC(COCCCC(C)C)CS(=O)(=O)Cl. The minimum absolute atomic E-state index is 0.0204. The van der Waals surface area contributed by atoms with Crippen LogP contribution in [0.2, 0.25) is 0 Å². The second-order valence-corrected chi connectivity index (χ2v) is 7.79. The van der Waals surface area contributed by atoms with E-state index in [1.165, 1.54) is 0 Å². The molecule has 0 heterocycles. The molecule has 0 radical (unpaired) electrons. The summed E-state index contributed by atoms with van der Waals surface area (Å²) < 4.78 is 27.5. The minimum Gasteiger partial charge on any atom is -0.381 e. The molecule has 0 aliphatic heterocycles. The highest BCUT2D eigenvalue weighted by molar-refractivity contribution is 8.13. The van der Waals surface area contributed by atoms with E-state index in [-0.39, 0.29) is 11.7 Å². The average Bonchev–Trinajstić information content (AvgIpc) is 2.14. The van der Waals surface area contributed by atoms with Crippen molar-refractivity contribution < 1.29 is 13.2 Å². The van der Waals surface area contributed by atoms with Crippen LogP contribution in [0.5, 0.6) is 0 Å². The van der Waals surface area contributed by atoms with Crippen LogP contribution in [0.4, 0.5) is 0 Å². The van der Waals surface area contributed by atoms with Crippen LogP contribution in [0.1, 0.15) is 46.5 Å². The normalized spacial score (nSPS) is 14.2. The molecule has 0 saturated heterocycles. The van der Waals surface area contributed by atoms with Crippen molar-refractivity contribution in [1.29, 1.82) is 0 Å². The van der Waals surface area contributed by atoms with Gasteiger partial charge < -0.3 is 4.74 Å². The molecule has 104 valence electrons. The van der Waals surface area contributed by atoms with Gasteiger partial charge in [0.1, 0.15) is 0 Å². The quantitative estimate of drug-likeness (QED) is 0.456. The Bertz CT molecular complexity index is 275. The van der Waals surface area contributed by atoms with Gasteiger partial charge in [0.05, 0.1) is 12.4 Å². The lowest BCUT2D eigenvalue weighted by atomic mass is 10.1. The zero-order valence-electron chi connectivity index (χ0n) is 11.1. The molecule has 0 amide bonds. The van der Waals surface area contributed by atoms with Crippen LogP contribution in [-0.2, 0) is 13.8 Å². The average molecular weight is 285 g/mol. The predicted octanol–water partition coefficient (Wildman–Crippen LogP) is 3.42. The molecule has 0 saturated carbocycles. The largest absolute Gasteiger partial charge is 0.381 e. The maximum absolute atomic E-state index is 11.0. The Morgan fingerprint density at radius 2 is 1.88 bits per heavy atom. The molecule has 0 aliphatic carbocycles. The summed E-state index contributed by atoms with van der Waals surface area (Å²) in [7, 11) is 1.85. The van der Waals surface area contributed by atoms with Gasteiger partial charge in [-0.05, 0) is 31.1 Å². The molecule has 0 N–H and O–H groups in total. The van der Waals surface area contributed by atoms with E-state index in [2.05, 4.69) is 13.8 Å². The maximum Gasteiger partial charge on any atom is 0.232 e. The van der Waals surface area contributed by atoms with E-state index < -0.39 is 9.05 Å². The summed E-state index contributed by atoms with van der Waals surface area (Å²) in [6, 6.07) is 0. The number of ether oxygens (including phenoxy) is 1. The van der Waals surface area contributed by atoms with Gasteiger partial charge in [-0.2, -0.15) is 0 Å². The maximum atomic E-state index is 11.0. The first-order chi connectivity index (χ1) is 7.85. The van der Waals surface area contributed by atoms with E-state index in [1.807, 2.05) is 6.92 Å². The summed E-state index contributed by atoms with van der Waals surface area (Å²) in [6.45, 7) is 7.60. The highest BCUT2D eigenvalue weighted by Gasteiger charge is 2.16. The van der Waals surface area contributed by atoms with Gasteiger partial charge in [0.25, 0.3) is 0 Å². The van der Waals surface area contributed by atoms with Gasteiger partial charge in [-0.15, -0.1) is 0 Å². The van der Waals surface area contributed by atoms with E-state index >= 15 is 0 Å². The summed E-state index contributed by atoms with van der Waals surface area (Å²) in [5.74, 6) is 0.738. The first-order valence-corrected chi connectivity index (χ1v) is 8.83. The van der Waals surface area contributed by atoms with Crippen molar-refractivity contribution in [3.05, 3.63) is 0 Å². The van der Waals surface area contributed by atoms with Crippen molar-refractivity contribution in [3.8, 4) is 0 Å². The van der Waals surface area contributed by atoms with Gasteiger partial charge >= 0.3 is 0 Å². The molecule has 3 nitrogen and oxygen atoms in total. The topological polar surface area (TPSA) is 43.4 Å². The van der Waals surface area contributed by atoms with E-state index in [9.17, 15) is 8.42 Å². The minimum atomic E-state index is -3.41. The third-order valence-electron chi connectivity index (χ3n) is 2.56. The van der Waals surface area contributed by atoms with Crippen molar-refractivity contribution >= 4 is 19.7 Å². The Balaban J connectivity index is 3.78. The Morgan fingerprint density at radius 3 is 2.35 bits per heavy atom. The van der Waals surface area contributed by atoms with Crippen molar-refractivity contribution in [2.45, 2.75) is 46.5 Å². The third kappa shape index (κ3) is 12.4. The summed E-state index contributed by atoms with van der Waals surface area (Å²) in [5, 5.41) is 0. The fourth-order valence-electron chi connectivity index (χ4n) is 1.75. The number of hydrogen-bond donors (Lipinski definition) is 0. The predicted molar refractivity (Wildman–Crippen MR) is 72.9 cm³/mol. The Labute approximate surface area is 110 Å². The van der Waals surface area contributed by atoms with Gasteiger partial charge in [-0.3, -0.25) is 0 Å². The van der Waals surface area contributed by atoms with E-state index in [0.29, 0.717) is 19.1 Å². The molecule has 0 aromatic heterocycles. The van der Waals surface area contributed by atoms with E-state index in [1.54, 1.807) is 0 Å². The summed E-state index contributed by atoms with van der Waals surface area (Å²) in [6.07, 6.45) is 3.97. The van der Waals surface area contributed by atoms with Crippen LogP contribution in [0, 0.1) is 11.8 Å². The smallest absolute Gasteiger partial charge is 0.232 e. The second-order valence-electron chi connectivity index (χ2n) is 4.97. The van der Waals surface area contributed by atoms with Gasteiger partial charge in [0.15, 0.2) is 0 Å². The van der Waals surface area contributed by atoms with Crippen LogP contribution < -0.4 is 0 Å². The molecule has 0 bridgehead atoms. The Kier molecular flexibility index (Phi) is 9.28. The Morgan fingerprint density at radius 1 is 1.24 bits per heavy atom. The lowest BCUT2D eigenvalue weighted by molar-refractivity contribution is 0.0977. The zero-order valence-corrected chi connectivity index (χ0v) is 12.7. The molecule has 1 atom stereocenters. The molecule has 0 spiro atoms. The number of halogens is 1. The molecule has 0 aliphatic rings. The van der Waals surface area contributed by atoms with Crippen molar-refractivity contribution in [1.82, 2.24) is 0 Å². The second kappa shape index (κ2) is 9.17. The molecule has 0 aromatic rings. The standard InChI is InChI=1S/C12H25ClO3S/c1-4-6-12(10-17(13,14)15)9-16-8-5-7-11(2)3/h11-12H,4-10H2,1-3H3. The number of rotatable bonds is 10. The molecule has 0 aromatic carbocycles. The van der Waals surface area contributed by atoms with Gasteiger partial charge in [0.2, 0.25) is 9.05 Å². The molecule has 0 rings (SSSR count). The van der Waals surface area contributed by atoms with Crippen LogP contribution >= 0.6 is 10.7 Å². The summed E-state index contributed by atoms with van der Waals surface area (Å²) in [4.78, 5) is 0. The molecule has 5 heteroatoms. The van der Waals surface area contributed by atoms with Crippen molar-refractivity contribution in [2.75, 3.05) is 19.0 Å². The van der Waals surface area contributed by atoms with E-state index in [0.717, 1.165) is 25.7 Å². The van der Waals surface area contributed by atoms with Crippen LogP contribution in [-0.4, -0.2) is 27.4 Å². The molecular formula is C12H25ClO3S. The third-order valence-corrected chi connectivity index (χ3v) is 3.80. The molecular weight excluding hydrogens is 260 g/mol. The monoisotopic (exact) mass is 284 g/mol. The summed E-state index contributed by atoms with van der Waals surface area (Å²) in [5.41, 5.74) is 0. The van der Waals surface area contributed by atoms with Gasteiger partial charge in [0, 0.05) is 17.3 Å². The Hall–Kier alpha value is 0.200. The van der Waals surface area contributed by atoms with Crippen molar-refractivity contribution in [2.24, 2.45) is 11.8 Å². The van der Waals surface area contributed by atoms with Crippen molar-refractivity contribution in [3.63, 3.8) is 0 Å². The first kappa shape index (κ1) is 17.2. The first-order valence-electron chi connectivity index (χ1n) is 6.35. The fraction of sp³-hybridized carbons (Fsp3) is 1.00. The van der Waals surface area contributed by atoms with Crippen LogP contribution in [0.25, 0.3) is 0 Å². The van der Waals surface area contributed by atoms with E-state index in [4.69, 9.17) is 15.4 Å². The van der Waals surface area contributed by atoms with Crippen LogP contribution in [0.3, 0.4) is 0 Å². The lowest BCUT2D eigenvalue weighted by Crippen LogP contribution is -2.18. The lowest BCUT2D eigenvalue weighted by Gasteiger charge is -2.14. The molecule has 1 unspecified atom stereocenters. The highest BCUT2D eigenvalue weighted by Crippen LogP contribution is 2.13. The van der Waals surface area contributed by atoms with Gasteiger partial charge in [-0.25, -0.2) is 8.42 Å². The molecule has 17 heavy (non-hydrogen) atoms. The molecule has 0 fully saturated rings.